The average molecular weight is 367 g/mol. The van der Waals surface area contributed by atoms with Gasteiger partial charge in [0.1, 0.15) is 4.60 Å². The van der Waals surface area contributed by atoms with Crippen LogP contribution in [0.5, 0.6) is 0 Å². The van der Waals surface area contributed by atoms with Crippen molar-refractivity contribution >= 4 is 49.0 Å². The van der Waals surface area contributed by atoms with Gasteiger partial charge in [-0.05, 0) is 40.2 Å². The zero-order chi connectivity index (χ0) is 13.3. The molecular formula is C11H6BrCl2NO2S. The maximum absolute atomic E-state index is 12.4. The maximum Gasteiger partial charge on any atom is 0.208 e. The first-order chi connectivity index (χ1) is 8.43. The number of halogens is 3. The lowest BCUT2D eigenvalue weighted by Gasteiger charge is -2.07. The third kappa shape index (κ3) is 2.54. The van der Waals surface area contributed by atoms with Crippen molar-refractivity contribution in [3.63, 3.8) is 0 Å². The summed E-state index contributed by atoms with van der Waals surface area (Å²) < 4.78 is 25.2. The van der Waals surface area contributed by atoms with E-state index in [0.717, 1.165) is 0 Å². The highest BCUT2D eigenvalue weighted by molar-refractivity contribution is 9.10. The van der Waals surface area contributed by atoms with Crippen LogP contribution in [0, 0.1) is 0 Å². The number of hydrogen-bond donors (Lipinski definition) is 0. The lowest BCUT2D eigenvalue weighted by molar-refractivity contribution is 0.596. The number of rotatable bonds is 2. The summed E-state index contributed by atoms with van der Waals surface area (Å²) >= 11 is 14.9. The molecule has 0 aliphatic rings. The first-order valence-electron chi connectivity index (χ1n) is 4.73. The summed E-state index contributed by atoms with van der Waals surface area (Å²) in [6.45, 7) is 0. The number of nitrogens with zero attached hydrogens (tertiary/aromatic N) is 1. The van der Waals surface area contributed by atoms with Gasteiger partial charge in [0.15, 0.2) is 0 Å². The van der Waals surface area contributed by atoms with Crippen molar-refractivity contribution in [2.45, 2.75) is 9.79 Å². The van der Waals surface area contributed by atoms with E-state index in [0.29, 0.717) is 4.60 Å². The molecule has 0 amide bonds. The van der Waals surface area contributed by atoms with E-state index < -0.39 is 9.84 Å². The molecule has 0 unspecified atom stereocenters. The van der Waals surface area contributed by atoms with Crippen molar-refractivity contribution in [1.82, 2.24) is 4.98 Å². The van der Waals surface area contributed by atoms with Gasteiger partial charge >= 0.3 is 0 Å². The fourth-order valence-electron chi connectivity index (χ4n) is 1.37. The Hall–Kier alpha value is -0.620. The second-order valence-corrected chi connectivity index (χ2v) is 6.89. The molecule has 18 heavy (non-hydrogen) atoms. The molecule has 2 aromatic rings. The Morgan fingerprint density at radius 2 is 1.89 bits per heavy atom. The van der Waals surface area contributed by atoms with Gasteiger partial charge in [0.25, 0.3) is 0 Å². The van der Waals surface area contributed by atoms with Crippen molar-refractivity contribution in [3.8, 4) is 0 Å². The fraction of sp³-hybridized carbons (Fsp3) is 0. The molecule has 0 aliphatic carbocycles. The predicted octanol–water partition coefficient (Wildman–Crippen LogP) is 3.98. The monoisotopic (exact) mass is 365 g/mol. The first-order valence-corrected chi connectivity index (χ1v) is 7.77. The number of benzene rings is 1. The molecule has 94 valence electrons. The van der Waals surface area contributed by atoms with Gasteiger partial charge in [-0.3, -0.25) is 0 Å². The minimum Gasteiger partial charge on any atom is -0.249 e. The summed E-state index contributed by atoms with van der Waals surface area (Å²) in [6.07, 6.45) is 1.40. The van der Waals surface area contributed by atoms with Crippen LogP contribution in [0.2, 0.25) is 10.0 Å². The molecule has 0 atom stereocenters. The van der Waals surface area contributed by atoms with Gasteiger partial charge in [0.05, 0.1) is 19.8 Å². The van der Waals surface area contributed by atoms with Crippen molar-refractivity contribution in [2.75, 3.05) is 0 Å². The molecule has 0 N–H and O–H groups in total. The van der Waals surface area contributed by atoms with Crippen LogP contribution in [0.25, 0.3) is 0 Å². The van der Waals surface area contributed by atoms with Crippen LogP contribution in [0.4, 0.5) is 0 Å². The van der Waals surface area contributed by atoms with Crippen molar-refractivity contribution < 1.29 is 8.42 Å². The van der Waals surface area contributed by atoms with Gasteiger partial charge in [-0.1, -0.05) is 29.3 Å². The minimum atomic E-state index is -3.70. The van der Waals surface area contributed by atoms with E-state index in [1.165, 1.54) is 36.5 Å². The van der Waals surface area contributed by atoms with E-state index in [9.17, 15) is 8.42 Å². The van der Waals surface area contributed by atoms with Crippen LogP contribution >= 0.6 is 39.1 Å². The Labute approximate surface area is 123 Å². The third-order valence-electron chi connectivity index (χ3n) is 2.21. The largest absolute Gasteiger partial charge is 0.249 e. The normalized spacial score (nSPS) is 11.5. The molecule has 1 heterocycles. The van der Waals surface area contributed by atoms with Gasteiger partial charge in [0, 0.05) is 6.20 Å². The second-order valence-electron chi connectivity index (χ2n) is 3.37. The summed E-state index contributed by atoms with van der Waals surface area (Å²) in [5.41, 5.74) is 0. The quantitative estimate of drug-likeness (QED) is 0.755. The van der Waals surface area contributed by atoms with E-state index in [1.807, 2.05) is 0 Å². The van der Waals surface area contributed by atoms with E-state index in [-0.39, 0.29) is 19.8 Å². The van der Waals surface area contributed by atoms with E-state index >= 15 is 0 Å². The standard InChI is InChI=1S/C11H6BrCl2NO2S/c12-10-6-7(4-5-15-10)18(16,17)9-3-1-2-8(13)11(9)14/h1-6H. The molecule has 0 saturated heterocycles. The molecule has 0 aliphatic heterocycles. The molecule has 3 nitrogen and oxygen atoms in total. The number of sulfone groups is 1. The van der Waals surface area contributed by atoms with Crippen LogP contribution in [0.1, 0.15) is 0 Å². The summed E-state index contributed by atoms with van der Waals surface area (Å²) in [4.78, 5) is 3.97. The zero-order valence-corrected chi connectivity index (χ0v) is 12.7. The Kier molecular flexibility index (Phi) is 3.96. The number of hydrogen-bond acceptors (Lipinski definition) is 3. The van der Waals surface area contributed by atoms with Crippen LogP contribution in [-0.2, 0) is 9.84 Å². The predicted molar refractivity (Wildman–Crippen MR) is 73.9 cm³/mol. The first kappa shape index (κ1) is 13.8. The summed E-state index contributed by atoms with van der Waals surface area (Å²) in [5.74, 6) is 0. The summed E-state index contributed by atoms with van der Waals surface area (Å²) in [5, 5.41) is 0.220. The third-order valence-corrected chi connectivity index (χ3v) is 5.37. The number of aromatic nitrogens is 1. The molecule has 0 fully saturated rings. The Morgan fingerprint density at radius 3 is 2.56 bits per heavy atom. The fourth-order valence-corrected chi connectivity index (χ4v) is 3.91. The van der Waals surface area contributed by atoms with Crippen LogP contribution in [-0.4, -0.2) is 13.4 Å². The lowest BCUT2D eigenvalue weighted by atomic mass is 10.4. The molecule has 0 radical (unpaired) electrons. The Morgan fingerprint density at radius 1 is 1.17 bits per heavy atom. The van der Waals surface area contributed by atoms with Gasteiger partial charge < -0.3 is 0 Å². The zero-order valence-electron chi connectivity index (χ0n) is 8.77. The molecule has 0 saturated carbocycles. The van der Waals surface area contributed by atoms with Crippen molar-refractivity contribution in [3.05, 3.63) is 51.2 Å². The summed E-state index contributed by atoms with van der Waals surface area (Å²) in [7, 11) is -3.70. The Bertz CT molecular complexity index is 704. The van der Waals surface area contributed by atoms with E-state index in [4.69, 9.17) is 23.2 Å². The molecule has 1 aromatic carbocycles. The maximum atomic E-state index is 12.4. The second kappa shape index (κ2) is 5.17. The van der Waals surface area contributed by atoms with Gasteiger partial charge in [-0.25, -0.2) is 13.4 Å². The minimum absolute atomic E-state index is 0.0187. The smallest absolute Gasteiger partial charge is 0.208 e. The molecule has 0 spiro atoms. The SMILES string of the molecule is O=S(=O)(c1ccnc(Br)c1)c1cccc(Cl)c1Cl. The van der Waals surface area contributed by atoms with E-state index in [2.05, 4.69) is 20.9 Å². The topological polar surface area (TPSA) is 47.0 Å². The molecular weight excluding hydrogens is 361 g/mol. The van der Waals surface area contributed by atoms with Crippen molar-refractivity contribution in [2.24, 2.45) is 0 Å². The highest BCUT2D eigenvalue weighted by atomic mass is 79.9. The highest BCUT2D eigenvalue weighted by Gasteiger charge is 2.22. The van der Waals surface area contributed by atoms with Crippen molar-refractivity contribution in [1.29, 1.82) is 0 Å². The highest BCUT2D eigenvalue weighted by Crippen LogP contribution is 2.32. The lowest BCUT2D eigenvalue weighted by Crippen LogP contribution is -2.03. The summed E-state index contributed by atoms with van der Waals surface area (Å²) in [6, 6.07) is 7.30. The average Bonchev–Trinajstić information content (AvgIpc) is 2.32. The van der Waals surface area contributed by atoms with Gasteiger partial charge in [0.2, 0.25) is 9.84 Å². The molecule has 1 aromatic heterocycles. The Balaban J connectivity index is 2.66. The van der Waals surface area contributed by atoms with E-state index in [1.54, 1.807) is 0 Å². The van der Waals surface area contributed by atoms with Crippen LogP contribution in [0.3, 0.4) is 0 Å². The molecule has 7 heteroatoms. The number of pyridine rings is 1. The van der Waals surface area contributed by atoms with Crippen LogP contribution in [0.15, 0.2) is 50.9 Å². The molecule has 0 bridgehead atoms. The molecule has 2 rings (SSSR count). The van der Waals surface area contributed by atoms with Gasteiger partial charge in [-0.2, -0.15) is 0 Å². The van der Waals surface area contributed by atoms with Crippen LogP contribution < -0.4 is 0 Å². The van der Waals surface area contributed by atoms with Gasteiger partial charge in [-0.15, -0.1) is 0 Å².